The second-order valence-electron chi connectivity index (χ2n) is 7.95. The highest BCUT2D eigenvalue weighted by atomic mass is 16.5. The van der Waals surface area contributed by atoms with Gasteiger partial charge in [-0.05, 0) is 69.0 Å². The number of hydrogen-bond donors (Lipinski definition) is 2. The van der Waals surface area contributed by atoms with Crippen molar-refractivity contribution in [2.24, 2.45) is 5.92 Å². The molecule has 8 nitrogen and oxygen atoms in total. The summed E-state index contributed by atoms with van der Waals surface area (Å²) in [6.45, 7) is 4.75. The molecule has 3 rings (SSSR count). The van der Waals surface area contributed by atoms with Crippen molar-refractivity contribution >= 4 is 17.7 Å². The van der Waals surface area contributed by atoms with E-state index in [0.717, 1.165) is 0 Å². The molecule has 1 unspecified atom stereocenters. The van der Waals surface area contributed by atoms with Crippen molar-refractivity contribution in [3.05, 3.63) is 54.0 Å². The van der Waals surface area contributed by atoms with Crippen LogP contribution in [0.3, 0.4) is 0 Å². The predicted octanol–water partition coefficient (Wildman–Crippen LogP) is 2.46. The molecule has 1 aromatic carbocycles. The highest BCUT2D eigenvalue weighted by Gasteiger charge is 2.34. The Kier molecular flexibility index (Phi) is 7.33. The molecule has 1 aliphatic heterocycles. The number of rotatable bonds is 7. The SMILES string of the molecule is COc1ccc(C(=O)NC(C(=O)NC(C)C)C2CCN(C(=O)c3ccco3)CC2)cc1. The summed E-state index contributed by atoms with van der Waals surface area (Å²) in [5.74, 6) is 0.184. The van der Waals surface area contributed by atoms with Crippen molar-refractivity contribution in [2.75, 3.05) is 20.2 Å². The van der Waals surface area contributed by atoms with Gasteiger partial charge in [0, 0.05) is 24.7 Å². The number of piperidine rings is 1. The van der Waals surface area contributed by atoms with E-state index in [4.69, 9.17) is 9.15 Å². The second-order valence-corrected chi connectivity index (χ2v) is 7.95. The third kappa shape index (κ3) is 5.65. The van der Waals surface area contributed by atoms with Crippen LogP contribution in [0.25, 0.3) is 0 Å². The monoisotopic (exact) mass is 427 g/mol. The molecule has 1 atom stereocenters. The van der Waals surface area contributed by atoms with Gasteiger partial charge in [-0.3, -0.25) is 14.4 Å². The first-order valence-electron chi connectivity index (χ1n) is 10.5. The molecule has 1 aliphatic rings. The lowest BCUT2D eigenvalue weighted by molar-refractivity contribution is -0.125. The number of furan rings is 1. The van der Waals surface area contributed by atoms with Gasteiger partial charge in [0.25, 0.3) is 11.8 Å². The number of benzene rings is 1. The van der Waals surface area contributed by atoms with Crippen LogP contribution >= 0.6 is 0 Å². The first-order valence-corrected chi connectivity index (χ1v) is 10.5. The molecule has 0 radical (unpaired) electrons. The largest absolute Gasteiger partial charge is 0.497 e. The third-order valence-electron chi connectivity index (χ3n) is 5.38. The molecular formula is C23H29N3O5. The number of ether oxygens (including phenoxy) is 1. The molecule has 0 bridgehead atoms. The van der Waals surface area contributed by atoms with Crippen molar-refractivity contribution in [1.82, 2.24) is 15.5 Å². The smallest absolute Gasteiger partial charge is 0.289 e. The van der Waals surface area contributed by atoms with Gasteiger partial charge in [-0.15, -0.1) is 0 Å². The van der Waals surface area contributed by atoms with Crippen LogP contribution in [-0.4, -0.2) is 54.9 Å². The van der Waals surface area contributed by atoms with Gasteiger partial charge in [-0.25, -0.2) is 0 Å². The lowest BCUT2D eigenvalue weighted by atomic mass is 9.88. The number of carbonyl (C=O) groups excluding carboxylic acids is 3. The van der Waals surface area contributed by atoms with Gasteiger partial charge in [0.15, 0.2) is 5.76 Å². The van der Waals surface area contributed by atoms with Crippen molar-refractivity contribution in [3.63, 3.8) is 0 Å². The van der Waals surface area contributed by atoms with Crippen molar-refractivity contribution in [3.8, 4) is 5.75 Å². The molecule has 2 heterocycles. The lowest BCUT2D eigenvalue weighted by Gasteiger charge is -2.35. The summed E-state index contributed by atoms with van der Waals surface area (Å²) in [5, 5.41) is 5.81. The molecule has 8 heteroatoms. The minimum Gasteiger partial charge on any atom is -0.497 e. The molecule has 166 valence electrons. The van der Waals surface area contributed by atoms with Gasteiger partial charge >= 0.3 is 0 Å². The van der Waals surface area contributed by atoms with Crippen LogP contribution in [0, 0.1) is 5.92 Å². The van der Waals surface area contributed by atoms with E-state index in [1.165, 1.54) is 6.26 Å². The van der Waals surface area contributed by atoms with E-state index in [1.54, 1.807) is 48.4 Å². The molecule has 3 amide bonds. The van der Waals surface area contributed by atoms with Gasteiger partial charge in [-0.1, -0.05) is 0 Å². The Hall–Kier alpha value is -3.29. The highest BCUT2D eigenvalue weighted by Crippen LogP contribution is 2.23. The number of amides is 3. The number of carbonyl (C=O) groups is 3. The maximum atomic E-state index is 12.9. The normalized spacial score (nSPS) is 15.4. The summed E-state index contributed by atoms with van der Waals surface area (Å²) in [4.78, 5) is 39.9. The summed E-state index contributed by atoms with van der Waals surface area (Å²) < 4.78 is 10.3. The first kappa shape index (κ1) is 22.4. The maximum absolute atomic E-state index is 12.9. The average Bonchev–Trinajstić information content (AvgIpc) is 3.31. The van der Waals surface area contributed by atoms with E-state index in [2.05, 4.69) is 10.6 Å². The van der Waals surface area contributed by atoms with E-state index in [1.807, 2.05) is 13.8 Å². The molecular weight excluding hydrogens is 398 g/mol. The molecule has 0 spiro atoms. The topological polar surface area (TPSA) is 101 Å². The average molecular weight is 428 g/mol. The Morgan fingerprint density at radius 1 is 1.06 bits per heavy atom. The van der Waals surface area contributed by atoms with E-state index >= 15 is 0 Å². The van der Waals surface area contributed by atoms with Gasteiger partial charge in [0.2, 0.25) is 5.91 Å². The molecule has 0 aliphatic carbocycles. The van der Waals surface area contributed by atoms with Crippen LogP contribution in [0.1, 0.15) is 47.6 Å². The first-order chi connectivity index (χ1) is 14.9. The van der Waals surface area contributed by atoms with Crippen molar-refractivity contribution in [1.29, 1.82) is 0 Å². The number of methoxy groups -OCH3 is 1. The molecule has 1 aromatic heterocycles. The van der Waals surface area contributed by atoms with Crippen LogP contribution < -0.4 is 15.4 Å². The molecule has 0 saturated carbocycles. The molecule has 2 aromatic rings. The van der Waals surface area contributed by atoms with Crippen LogP contribution in [0.2, 0.25) is 0 Å². The zero-order chi connectivity index (χ0) is 22.4. The zero-order valence-electron chi connectivity index (χ0n) is 18.1. The minimum absolute atomic E-state index is 0.0477. The Morgan fingerprint density at radius 2 is 1.74 bits per heavy atom. The zero-order valence-corrected chi connectivity index (χ0v) is 18.1. The molecule has 1 saturated heterocycles. The van der Waals surface area contributed by atoms with Crippen LogP contribution in [0.15, 0.2) is 47.1 Å². The quantitative estimate of drug-likeness (QED) is 0.707. The van der Waals surface area contributed by atoms with Crippen molar-refractivity contribution < 1.29 is 23.5 Å². The second kappa shape index (κ2) is 10.1. The van der Waals surface area contributed by atoms with Crippen LogP contribution in [0.5, 0.6) is 5.75 Å². The van der Waals surface area contributed by atoms with Gasteiger partial charge in [-0.2, -0.15) is 0 Å². The standard InChI is InChI=1S/C23H29N3O5/c1-15(2)24-22(28)20(25-21(27)17-6-8-18(30-3)9-7-17)16-10-12-26(13-11-16)23(29)19-5-4-14-31-19/h4-9,14-16,20H,10-13H2,1-3H3,(H,24,28)(H,25,27). The van der Waals surface area contributed by atoms with Crippen LogP contribution in [0.4, 0.5) is 0 Å². The summed E-state index contributed by atoms with van der Waals surface area (Å²) in [7, 11) is 1.56. The summed E-state index contributed by atoms with van der Waals surface area (Å²) in [5.41, 5.74) is 0.452. The van der Waals surface area contributed by atoms with Gasteiger partial charge < -0.3 is 24.7 Å². The Balaban J connectivity index is 1.68. The molecule has 31 heavy (non-hydrogen) atoms. The van der Waals surface area contributed by atoms with E-state index in [-0.39, 0.29) is 29.7 Å². The van der Waals surface area contributed by atoms with Gasteiger partial charge in [0.1, 0.15) is 11.8 Å². The summed E-state index contributed by atoms with van der Waals surface area (Å²) in [6.07, 6.45) is 2.68. The molecule has 1 fully saturated rings. The number of nitrogens with zero attached hydrogens (tertiary/aromatic N) is 1. The van der Waals surface area contributed by atoms with Crippen molar-refractivity contribution in [2.45, 2.75) is 38.8 Å². The summed E-state index contributed by atoms with van der Waals surface area (Å²) in [6, 6.07) is 9.33. The molecule has 2 N–H and O–H groups in total. The number of nitrogens with one attached hydrogen (secondary N) is 2. The van der Waals surface area contributed by atoms with E-state index in [9.17, 15) is 14.4 Å². The Bertz CT molecular complexity index is 884. The number of hydrogen-bond acceptors (Lipinski definition) is 5. The fraction of sp³-hybridized carbons (Fsp3) is 0.435. The fourth-order valence-corrected chi connectivity index (χ4v) is 3.73. The minimum atomic E-state index is -0.683. The lowest BCUT2D eigenvalue weighted by Crippen LogP contribution is -2.54. The Morgan fingerprint density at radius 3 is 2.29 bits per heavy atom. The van der Waals surface area contributed by atoms with Gasteiger partial charge in [0.05, 0.1) is 13.4 Å². The number of likely N-dealkylation sites (tertiary alicyclic amines) is 1. The predicted molar refractivity (Wildman–Crippen MR) is 115 cm³/mol. The third-order valence-corrected chi connectivity index (χ3v) is 5.38. The highest BCUT2D eigenvalue weighted by molar-refractivity contribution is 5.97. The van der Waals surface area contributed by atoms with E-state index < -0.39 is 6.04 Å². The maximum Gasteiger partial charge on any atom is 0.289 e. The van der Waals surface area contributed by atoms with E-state index in [0.29, 0.717) is 43.0 Å². The summed E-state index contributed by atoms with van der Waals surface area (Å²) >= 11 is 0. The fourth-order valence-electron chi connectivity index (χ4n) is 3.73. The Labute approximate surface area is 181 Å². The van der Waals surface area contributed by atoms with Crippen LogP contribution in [-0.2, 0) is 4.79 Å².